The van der Waals surface area contributed by atoms with Crippen molar-refractivity contribution in [3.63, 3.8) is 0 Å². The Hall–Kier alpha value is -3.19. The molecule has 2 aromatic rings. The molecule has 2 rings (SSSR count). The number of nitro groups is 1. The molecule has 7 nitrogen and oxygen atoms in total. The molecule has 0 fully saturated rings. The van der Waals surface area contributed by atoms with Gasteiger partial charge in [-0.2, -0.15) is 5.10 Å². The number of hydrogen-bond donors (Lipinski definition) is 1. The minimum Gasteiger partial charge on any atom is -0.490 e. The van der Waals surface area contributed by atoms with E-state index in [0.29, 0.717) is 23.5 Å². The summed E-state index contributed by atoms with van der Waals surface area (Å²) < 4.78 is 5.32. The first-order valence-electron chi connectivity index (χ1n) is 7.12. The third-order valence-corrected chi connectivity index (χ3v) is 3.35. The molecular weight excluding hydrogens is 346 g/mol. The number of hydrogen-bond acceptors (Lipinski definition) is 5. The summed E-state index contributed by atoms with van der Waals surface area (Å²) in [6, 6.07) is 10.7. The molecule has 8 heteroatoms. The lowest BCUT2D eigenvalue weighted by Gasteiger charge is -2.04. The smallest absolute Gasteiger partial charge is 0.288 e. The van der Waals surface area contributed by atoms with Crippen molar-refractivity contribution >= 4 is 29.4 Å². The lowest BCUT2D eigenvalue weighted by molar-refractivity contribution is -0.384. The van der Waals surface area contributed by atoms with Crippen LogP contribution in [0.15, 0.2) is 60.2 Å². The molecule has 0 atom stereocenters. The largest absolute Gasteiger partial charge is 0.490 e. The Labute approximate surface area is 148 Å². The zero-order valence-electron chi connectivity index (χ0n) is 13.0. The van der Waals surface area contributed by atoms with E-state index in [2.05, 4.69) is 17.1 Å². The summed E-state index contributed by atoms with van der Waals surface area (Å²) >= 11 is 5.73. The van der Waals surface area contributed by atoms with Crippen LogP contribution in [0.2, 0.25) is 5.02 Å². The standard InChI is InChI=1S/C17H14ClN3O4/c1-2-9-25-14-6-4-13(5-7-14)17(22)20-19-11-12-3-8-15(18)16(10-12)21(23)24/h2-8,10-11H,1,9H2,(H,20,22). The van der Waals surface area contributed by atoms with Crippen LogP contribution in [0, 0.1) is 10.1 Å². The lowest BCUT2D eigenvalue weighted by atomic mass is 10.2. The molecule has 0 aliphatic carbocycles. The second-order valence-electron chi connectivity index (χ2n) is 4.79. The van der Waals surface area contributed by atoms with Gasteiger partial charge in [0.25, 0.3) is 11.6 Å². The molecule has 25 heavy (non-hydrogen) atoms. The number of benzene rings is 2. The first-order valence-corrected chi connectivity index (χ1v) is 7.50. The van der Waals surface area contributed by atoms with Crippen molar-refractivity contribution in [2.24, 2.45) is 5.10 Å². The highest BCUT2D eigenvalue weighted by Crippen LogP contribution is 2.24. The van der Waals surface area contributed by atoms with Crippen LogP contribution in [0.4, 0.5) is 5.69 Å². The molecule has 0 heterocycles. The predicted molar refractivity (Wildman–Crippen MR) is 95.3 cm³/mol. The maximum absolute atomic E-state index is 12.0. The van der Waals surface area contributed by atoms with Gasteiger partial charge in [-0.05, 0) is 30.3 Å². The van der Waals surface area contributed by atoms with E-state index >= 15 is 0 Å². The second-order valence-corrected chi connectivity index (χ2v) is 5.20. The quantitative estimate of drug-likeness (QED) is 0.354. The van der Waals surface area contributed by atoms with Crippen LogP contribution in [0.5, 0.6) is 5.75 Å². The molecular formula is C17H14ClN3O4. The van der Waals surface area contributed by atoms with E-state index < -0.39 is 10.8 Å². The van der Waals surface area contributed by atoms with E-state index in [1.165, 1.54) is 18.3 Å². The van der Waals surface area contributed by atoms with Gasteiger partial charge >= 0.3 is 0 Å². The van der Waals surface area contributed by atoms with Crippen molar-refractivity contribution in [1.29, 1.82) is 0 Å². The molecule has 1 amide bonds. The van der Waals surface area contributed by atoms with Crippen LogP contribution in [0.3, 0.4) is 0 Å². The molecule has 0 bridgehead atoms. The summed E-state index contributed by atoms with van der Waals surface area (Å²) in [6.45, 7) is 3.93. The molecule has 0 aliphatic rings. The van der Waals surface area contributed by atoms with Crippen molar-refractivity contribution < 1.29 is 14.5 Å². The number of hydrazone groups is 1. The Morgan fingerprint density at radius 1 is 1.32 bits per heavy atom. The van der Waals surface area contributed by atoms with E-state index in [-0.39, 0.29) is 10.7 Å². The topological polar surface area (TPSA) is 93.8 Å². The molecule has 0 saturated carbocycles. The fourth-order valence-electron chi connectivity index (χ4n) is 1.84. The number of amides is 1. The Morgan fingerprint density at radius 3 is 2.68 bits per heavy atom. The number of carbonyl (C=O) groups excluding carboxylic acids is 1. The maximum Gasteiger partial charge on any atom is 0.288 e. The van der Waals surface area contributed by atoms with Crippen LogP contribution in [0.25, 0.3) is 0 Å². The average Bonchev–Trinajstić information content (AvgIpc) is 2.61. The number of ether oxygens (including phenoxy) is 1. The summed E-state index contributed by atoms with van der Waals surface area (Å²) in [5.41, 5.74) is 2.94. The van der Waals surface area contributed by atoms with Crippen molar-refractivity contribution in [2.45, 2.75) is 0 Å². The molecule has 0 aliphatic heterocycles. The fraction of sp³-hybridized carbons (Fsp3) is 0.0588. The SMILES string of the molecule is C=CCOc1ccc(C(=O)NN=Cc2ccc(Cl)c([N+](=O)[O-])c2)cc1. The first-order chi connectivity index (χ1) is 12.0. The van der Waals surface area contributed by atoms with Gasteiger partial charge in [-0.3, -0.25) is 14.9 Å². The Bertz CT molecular complexity index is 819. The minimum atomic E-state index is -0.589. The molecule has 0 saturated heterocycles. The second kappa shape index (κ2) is 8.60. The van der Waals surface area contributed by atoms with Gasteiger partial charge in [0.15, 0.2) is 0 Å². The van der Waals surface area contributed by atoms with Crippen LogP contribution >= 0.6 is 11.6 Å². The van der Waals surface area contributed by atoms with Gasteiger partial charge in [0.05, 0.1) is 11.1 Å². The number of halogens is 1. The predicted octanol–water partition coefficient (Wildman–Crippen LogP) is 3.58. The zero-order chi connectivity index (χ0) is 18.2. The number of rotatable bonds is 7. The summed E-state index contributed by atoms with van der Waals surface area (Å²) in [6.07, 6.45) is 2.92. The van der Waals surface area contributed by atoms with Gasteiger partial charge in [0.2, 0.25) is 0 Å². The number of carbonyl (C=O) groups is 1. The molecule has 128 valence electrons. The highest BCUT2D eigenvalue weighted by atomic mass is 35.5. The van der Waals surface area contributed by atoms with Crippen LogP contribution < -0.4 is 10.2 Å². The number of nitrogens with one attached hydrogen (secondary N) is 1. The summed E-state index contributed by atoms with van der Waals surface area (Å²) in [4.78, 5) is 22.2. The van der Waals surface area contributed by atoms with Crippen molar-refractivity contribution in [1.82, 2.24) is 5.43 Å². The molecule has 0 aromatic heterocycles. The number of nitrogens with zero attached hydrogens (tertiary/aromatic N) is 2. The Morgan fingerprint density at radius 2 is 2.04 bits per heavy atom. The molecule has 2 aromatic carbocycles. The average molecular weight is 360 g/mol. The number of nitro benzene ring substituents is 1. The van der Waals surface area contributed by atoms with Crippen molar-refractivity contribution in [2.75, 3.05) is 6.61 Å². The lowest BCUT2D eigenvalue weighted by Crippen LogP contribution is -2.17. The van der Waals surface area contributed by atoms with Crippen molar-refractivity contribution in [3.05, 3.63) is 81.4 Å². The summed E-state index contributed by atoms with van der Waals surface area (Å²) in [7, 11) is 0. The van der Waals surface area contributed by atoms with Gasteiger partial charge in [0, 0.05) is 17.2 Å². The van der Waals surface area contributed by atoms with Gasteiger partial charge in [-0.15, -0.1) is 0 Å². The third kappa shape index (κ3) is 5.15. The van der Waals surface area contributed by atoms with Crippen LogP contribution in [-0.2, 0) is 0 Å². The maximum atomic E-state index is 12.0. The van der Waals surface area contributed by atoms with Crippen LogP contribution in [-0.4, -0.2) is 23.7 Å². The Kier molecular flexibility index (Phi) is 6.25. The summed E-state index contributed by atoms with van der Waals surface area (Å²) in [5.74, 6) is 0.198. The van der Waals surface area contributed by atoms with E-state index in [1.54, 1.807) is 36.4 Å². The van der Waals surface area contributed by atoms with Crippen LogP contribution in [0.1, 0.15) is 15.9 Å². The first kappa shape index (κ1) is 18.2. The molecule has 1 N–H and O–H groups in total. The van der Waals surface area contributed by atoms with Gasteiger partial charge in [-0.1, -0.05) is 30.3 Å². The van der Waals surface area contributed by atoms with Gasteiger partial charge in [-0.25, -0.2) is 5.43 Å². The molecule has 0 radical (unpaired) electrons. The fourth-order valence-corrected chi connectivity index (χ4v) is 2.02. The summed E-state index contributed by atoms with van der Waals surface area (Å²) in [5, 5.41) is 14.6. The third-order valence-electron chi connectivity index (χ3n) is 3.03. The Balaban J connectivity index is 1.99. The minimum absolute atomic E-state index is 0.0324. The normalized spacial score (nSPS) is 10.4. The monoisotopic (exact) mass is 359 g/mol. The zero-order valence-corrected chi connectivity index (χ0v) is 13.8. The van der Waals surface area contributed by atoms with E-state index in [0.717, 1.165) is 0 Å². The molecule has 0 unspecified atom stereocenters. The van der Waals surface area contributed by atoms with E-state index in [4.69, 9.17) is 16.3 Å². The molecule has 0 spiro atoms. The van der Waals surface area contributed by atoms with E-state index in [1.807, 2.05) is 0 Å². The van der Waals surface area contributed by atoms with Crippen molar-refractivity contribution in [3.8, 4) is 5.75 Å². The highest BCUT2D eigenvalue weighted by molar-refractivity contribution is 6.32. The van der Waals surface area contributed by atoms with E-state index in [9.17, 15) is 14.9 Å². The van der Waals surface area contributed by atoms with Gasteiger partial charge < -0.3 is 4.74 Å². The highest BCUT2D eigenvalue weighted by Gasteiger charge is 2.12. The van der Waals surface area contributed by atoms with Gasteiger partial charge in [0.1, 0.15) is 17.4 Å².